The van der Waals surface area contributed by atoms with Gasteiger partial charge in [-0.25, -0.2) is 0 Å². The smallest absolute Gasteiger partial charge is 0.0462 e. The van der Waals surface area contributed by atoms with E-state index in [4.69, 9.17) is 16.3 Å². The molecule has 0 radical (unpaired) electrons. The molecule has 0 aliphatic heterocycles. The van der Waals surface area contributed by atoms with Crippen LogP contribution in [0.1, 0.15) is 36.9 Å². The van der Waals surface area contributed by atoms with Gasteiger partial charge in [-0.1, -0.05) is 24.6 Å². The van der Waals surface area contributed by atoms with Crippen molar-refractivity contribution in [3.63, 3.8) is 0 Å². The molecule has 0 aromatic heterocycles. The average molecular weight is 256 g/mol. The molecule has 1 atom stereocenters. The van der Waals surface area contributed by atoms with Crippen LogP contribution >= 0.6 is 11.6 Å². The second kappa shape index (κ2) is 7.70. The van der Waals surface area contributed by atoms with Crippen molar-refractivity contribution in [2.75, 3.05) is 20.3 Å². The molecular weight excluding hydrogens is 234 g/mol. The number of rotatable bonds is 7. The van der Waals surface area contributed by atoms with E-state index in [0.29, 0.717) is 6.04 Å². The third kappa shape index (κ3) is 5.07. The Hall–Kier alpha value is -0.570. The van der Waals surface area contributed by atoms with Crippen LogP contribution in [0.25, 0.3) is 0 Å². The van der Waals surface area contributed by atoms with Crippen molar-refractivity contribution in [1.82, 2.24) is 5.32 Å². The van der Waals surface area contributed by atoms with Crippen molar-refractivity contribution < 1.29 is 4.74 Å². The molecule has 0 heterocycles. The van der Waals surface area contributed by atoms with E-state index < -0.39 is 0 Å². The number of aryl methyl sites for hydroxylation is 1. The Labute approximate surface area is 109 Å². The maximum Gasteiger partial charge on any atom is 0.0462 e. The summed E-state index contributed by atoms with van der Waals surface area (Å²) in [5, 5.41) is 4.31. The van der Waals surface area contributed by atoms with Crippen LogP contribution in [0.15, 0.2) is 18.2 Å². The zero-order valence-corrected chi connectivity index (χ0v) is 11.7. The first-order valence-electron chi connectivity index (χ1n) is 6.16. The summed E-state index contributed by atoms with van der Waals surface area (Å²) in [5.41, 5.74) is 2.48. The summed E-state index contributed by atoms with van der Waals surface area (Å²) in [5.74, 6) is 0. The van der Waals surface area contributed by atoms with Crippen molar-refractivity contribution >= 4 is 11.6 Å². The quantitative estimate of drug-likeness (QED) is 0.750. The van der Waals surface area contributed by atoms with E-state index in [1.165, 1.54) is 11.1 Å². The zero-order chi connectivity index (χ0) is 12.7. The lowest BCUT2D eigenvalue weighted by atomic mass is 10.0. The van der Waals surface area contributed by atoms with E-state index in [2.05, 4.69) is 31.3 Å². The summed E-state index contributed by atoms with van der Waals surface area (Å²) in [6.45, 7) is 5.97. The lowest BCUT2D eigenvalue weighted by Gasteiger charge is -2.19. The van der Waals surface area contributed by atoms with Crippen molar-refractivity contribution in [2.24, 2.45) is 0 Å². The normalized spacial score (nSPS) is 12.7. The van der Waals surface area contributed by atoms with Crippen molar-refractivity contribution in [2.45, 2.75) is 32.7 Å². The molecule has 1 aromatic carbocycles. The first-order valence-corrected chi connectivity index (χ1v) is 6.54. The number of hydrogen-bond donors (Lipinski definition) is 1. The third-order valence-electron chi connectivity index (χ3n) is 2.76. The van der Waals surface area contributed by atoms with Crippen LogP contribution in [-0.4, -0.2) is 20.3 Å². The van der Waals surface area contributed by atoms with Gasteiger partial charge in [0.15, 0.2) is 0 Å². The molecular formula is C14H22ClNO. The lowest BCUT2D eigenvalue weighted by molar-refractivity contribution is 0.189. The van der Waals surface area contributed by atoms with Crippen LogP contribution in [0, 0.1) is 6.92 Å². The Bertz CT molecular complexity index is 321. The van der Waals surface area contributed by atoms with Crippen LogP contribution in [0.4, 0.5) is 0 Å². The molecule has 0 aliphatic rings. The van der Waals surface area contributed by atoms with E-state index >= 15 is 0 Å². The van der Waals surface area contributed by atoms with E-state index in [-0.39, 0.29) is 0 Å². The van der Waals surface area contributed by atoms with Gasteiger partial charge in [0, 0.05) is 24.8 Å². The van der Waals surface area contributed by atoms with E-state index in [1.54, 1.807) is 7.11 Å². The lowest BCUT2D eigenvalue weighted by Crippen LogP contribution is -2.21. The number of halogens is 1. The van der Waals surface area contributed by atoms with Crippen molar-refractivity contribution in [1.29, 1.82) is 0 Å². The predicted molar refractivity (Wildman–Crippen MR) is 73.7 cm³/mol. The Balaban J connectivity index is 2.73. The monoisotopic (exact) mass is 255 g/mol. The molecule has 0 aliphatic carbocycles. The molecule has 0 saturated heterocycles. The van der Waals surface area contributed by atoms with E-state index in [0.717, 1.165) is 31.0 Å². The van der Waals surface area contributed by atoms with Crippen LogP contribution in [-0.2, 0) is 4.74 Å². The molecule has 0 fully saturated rings. The van der Waals surface area contributed by atoms with Crippen LogP contribution in [0.3, 0.4) is 0 Å². The first kappa shape index (κ1) is 14.5. The molecule has 1 unspecified atom stereocenters. The molecule has 2 nitrogen and oxygen atoms in total. The fourth-order valence-corrected chi connectivity index (χ4v) is 2.33. The maximum absolute atomic E-state index is 6.10. The van der Waals surface area contributed by atoms with Crippen molar-refractivity contribution in [3.05, 3.63) is 34.3 Å². The maximum atomic E-state index is 6.10. The van der Waals surface area contributed by atoms with Crippen LogP contribution in [0.5, 0.6) is 0 Å². The van der Waals surface area contributed by atoms with Gasteiger partial charge in [0.05, 0.1) is 0 Å². The fourth-order valence-electron chi connectivity index (χ4n) is 2.03. The molecule has 0 saturated carbocycles. The van der Waals surface area contributed by atoms with Gasteiger partial charge in [-0.15, -0.1) is 0 Å². The van der Waals surface area contributed by atoms with Crippen molar-refractivity contribution in [3.8, 4) is 0 Å². The highest BCUT2D eigenvalue weighted by molar-refractivity contribution is 6.30. The number of methoxy groups -OCH3 is 1. The Morgan fingerprint density at radius 1 is 1.35 bits per heavy atom. The number of ether oxygens (including phenoxy) is 1. The summed E-state index contributed by atoms with van der Waals surface area (Å²) < 4.78 is 5.10. The zero-order valence-electron chi connectivity index (χ0n) is 10.9. The molecule has 1 rings (SSSR count). The molecule has 1 aromatic rings. The SMILES string of the molecule is CCNC(CCCOC)c1cc(C)cc(Cl)c1. The molecule has 96 valence electrons. The number of nitrogens with one attached hydrogen (secondary N) is 1. The molecule has 1 N–H and O–H groups in total. The van der Waals surface area contributed by atoms with Gasteiger partial charge in [0.1, 0.15) is 0 Å². The number of benzene rings is 1. The van der Waals surface area contributed by atoms with Gasteiger partial charge >= 0.3 is 0 Å². The summed E-state index contributed by atoms with van der Waals surface area (Å²) in [6, 6.07) is 6.61. The van der Waals surface area contributed by atoms with Gasteiger partial charge in [-0.2, -0.15) is 0 Å². The van der Waals surface area contributed by atoms with E-state index in [1.807, 2.05) is 6.07 Å². The molecule has 0 spiro atoms. The topological polar surface area (TPSA) is 21.3 Å². The van der Waals surface area contributed by atoms with Crippen LogP contribution < -0.4 is 5.32 Å². The fraction of sp³-hybridized carbons (Fsp3) is 0.571. The van der Waals surface area contributed by atoms with Crippen LogP contribution in [0.2, 0.25) is 5.02 Å². The molecule has 17 heavy (non-hydrogen) atoms. The minimum Gasteiger partial charge on any atom is -0.385 e. The minimum atomic E-state index is 0.368. The van der Waals surface area contributed by atoms with E-state index in [9.17, 15) is 0 Å². The first-order chi connectivity index (χ1) is 8.17. The third-order valence-corrected chi connectivity index (χ3v) is 2.98. The Morgan fingerprint density at radius 3 is 2.71 bits per heavy atom. The summed E-state index contributed by atoms with van der Waals surface area (Å²) in [4.78, 5) is 0. The van der Waals surface area contributed by atoms with Gasteiger partial charge in [0.2, 0.25) is 0 Å². The van der Waals surface area contributed by atoms with Gasteiger partial charge in [0.25, 0.3) is 0 Å². The minimum absolute atomic E-state index is 0.368. The van der Waals surface area contributed by atoms with Gasteiger partial charge < -0.3 is 10.1 Å². The summed E-state index contributed by atoms with van der Waals surface area (Å²) >= 11 is 6.10. The largest absolute Gasteiger partial charge is 0.385 e. The predicted octanol–water partition coefficient (Wildman–Crippen LogP) is 3.73. The highest BCUT2D eigenvalue weighted by atomic mass is 35.5. The Morgan fingerprint density at radius 2 is 2.12 bits per heavy atom. The molecule has 0 amide bonds. The summed E-state index contributed by atoms with van der Waals surface area (Å²) in [7, 11) is 1.74. The summed E-state index contributed by atoms with van der Waals surface area (Å²) in [6.07, 6.45) is 2.13. The number of hydrogen-bond acceptors (Lipinski definition) is 2. The second-order valence-corrected chi connectivity index (χ2v) is 4.74. The average Bonchev–Trinajstić information content (AvgIpc) is 2.27. The molecule has 0 bridgehead atoms. The van der Waals surface area contributed by atoms with Gasteiger partial charge in [-0.05, 0) is 49.6 Å². The Kier molecular flexibility index (Phi) is 6.56. The standard InChI is InChI=1S/C14H22ClNO/c1-4-16-14(6-5-7-17-3)12-8-11(2)9-13(15)10-12/h8-10,14,16H,4-7H2,1-3H3. The molecule has 3 heteroatoms. The van der Waals surface area contributed by atoms with Gasteiger partial charge in [-0.3, -0.25) is 0 Å². The second-order valence-electron chi connectivity index (χ2n) is 4.31. The highest BCUT2D eigenvalue weighted by Gasteiger charge is 2.10. The highest BCUT2D eigenvalue weighted by Crippen LogP contribution is 2.23.